The molecule has 1 aromatic carbocycles. The van der Waals surface area contributed by atoms with Crippen molar-refractivity contribution in [1.82, 2.24) is 4.90 Å². The maximum atomic E-state index is 12.2. The molecule has 0 spiro atoms. The van der Waals surface area contributed by atoms with Gasteiger partial charge in [0, 0.05) is 13.1 Å². The number of amides is 1. The number of ether oxygens (including phenoxy) is 2. The van der Waals surface area contributed by atoms with E-state index in [1.54, 1.807) is 0 Å². The lowest BCUT2D eigenvalue weighted by atomic mass is 9.96. The Morgan fingerprint density at radius 2 is 1.76 bits per heavy atom. The Morgan fingerprint density at radius 3 is 2.28 bits per heavy atom. The zero-order valence-corrected chi connectivity index (χ0v) is 15.4. The molecule has 1 saturated carbocycles. The molecule has 2 fully saturated rings. The summed E-state index contributed by atoms with van der Waals surface area (Å²) >= 11 is 0. The second kappa shape index (κ2) is 7.24. The van der Waals surface area contributed by atoms with E-state index in [1.807, 2.05) is 37.8 Å². The Morgan fingerprint density at radius 1 is 1.16 bits per heavy atom. The standard InChI is InChI=1S/C20H29NO4/c1-20(2,3)25-19(23)21-12-16-10-15(11-17(16)13-21)14-4-6-18(7-5-14)24-9-8-22/h4-7,15-17,22H,8-13H2,1-3H3. The van der Waals surface area contributed by atoms with Crippen LogP contribution in [0, 0.1) is 11.8 Å². The molecule has 5 nitrogen and oxygen atoms in total. The Labute approximate surface area is 149 Å². The van der Waals surface area contributed by atoms with Crippen molar-refractivity contribution in [3.05, 3.63) is 29.8 Å². The largest absolute Gasteiger partial charge is 0.491 e. The highest BCUT2D eigenvalue weighted by Gasteiger charge is 2.43. The van der Waals surface area contributed by atoms with Crippen molar-refractivity contribution in [3.63, 3.8) is 0 Å². The van der Waals surface area contributed by atoms with Gasteiger partial charge in [0.05, 0.1) is 6.61 Å². The van der Waals surface area contributed by atoms with E-state index in [-0.39, 0.29) is 12.7 Å². The van der Waals surface area contributed by atoms with Gasteiger partial charge in [0.15, 0.2) is 0 Å². The van der Waals surface area contributed by atoms with Crippen molar-refractivity contribution in [3.8, 4) is 5.75 Å². The van der Waals surface area contributed by atoms with Crippen LogP contribution in [0.5, 0.6) is 5.75 Å². The molecule has 3 rings (SSSR count). The summed E-state index contributed by atoms with van der Waals surface area (Å²) in [7, 11) is 0. The predicted octanol–water partition coefficient (Wildman–Crippen LogP) is 3.42. The molecule has 1 aliphatic heterocycles. The minimum Gasteiger partial charge on any atom is -0.491 e. The summed E-state index contributed by atoms with van der Waals surface area (Å²) in [6, 6.07) is 8.21. The molecule has 1 aliphatic carbocycles. The Kier molecular flexibility index (Phi) is 5.23. The molecule has 1 heterocycles. The van der Waals surface area contributed by atoms with E-state index in [1.165, 1.54) is 5.56 Å². The summed E-state index contributed by atoms with van der Waals surface area (Å²) in [5.41, 5.74) is 0.909. The number of hydrogen-bond acceptors (Lipinski definition) is 4. The van der Waals surface area contributed by atoms with E-state index in [9.17, 15) is 4.79 Å². The topological polar surface area (TPSA) is 59.0 Å². The molecule has 2 atom stereocenters. The number of aliphatic hydroxyl groups excluding tert-OH is 1. The van der Waals surface area contributed by atoms with Crippen LogP contribution < -0.4 is 4.74 Å². The van der Waals surface area contributed by atoms with Crippen LogP contribution in [-0.4, -0.2) is 48.0 Å². The summed E-state index contributed by atoms with van der Waals surface area (Å²) < 4.78 is 10.9. The van der Waals surface area contributed by atoms with Crippen LogP contribution in [0.15, 0.2) is 24.3 Å². The second-order valence-corrected chi connectivity index (χ2v) is 8.21. The summed E-state index contributed by atoms with van der Waals surface area (Å²) in [6.07, 6.45) is 2.07. The van der Waals surface area contributed by atoms with Crippen LogP contribution in [0.2, 0.25) is 0 Å². The van der Waals surface area contributed by atoms with Gasteiger partial charge in [0.25, 0.3) is 0 Å². The average molecular weight is 347 g/mol. The number of likely N-dealkylation sites (tertiary alicyclic amines) is 1. The van der Waals surface area contributed by atoms with E-state index in [0.29, 0.717) is 24.4 Å². The number of carbonyl (C=O) groups excluding carboxylic acids is 1. The fourth-order valence-electron chi connectivity index (χ4n) is 4.05. The third kappa shape index (κ3) is 4.46. The number of benzene rings is 1. The fourth-order valence-corrected chi connectivity index (χ4v) is 4.05. The van der Waals surface area contributed by atoms with Crippen LogP contribution in [0.3, 0.4) is 0 Å². The maximum absolute atomic E-state index is 12.2. The second-order valence-electron chi connectivity index (χ2n) is 8.21. The van der Waals surface area contributed by atoms with Gasteiger partial charge in [0.2, 0.25) is 0 Å². The average Bonchev–Trinajstić information content (AvgIpc) is 3.10. The number of rotatable bonds is 4. The molecule has 0 bridgehead atoms. The molecule has 5 heteroatoms. The van der Waals surface area contributed by atoms with Gasteiger partial charge in [-0.05, 0) is 69.1 Å². The van der Waals surface area contributed by atoms with Crippen molar-refractivity contribution in [2.24, 2.45) is 11.8 Å². The summed E-state index contributed by atoms with van der Waals surface area (Å²) in [5, 5.41) is 8.81. The molecular weight excluding hydrogens is 318 g/mol. The molecule has 25 heavy (non-hydrogen) atoms. The van der Waals surface area contributed by atoms with Crippen molar-refractivity contribution < 1.29 is 19.4 Å². The maximum Gasteiger partial charge on any atom is 0.410 e. The molecule has 2 unspecified atom stereocenters. The minimum atomic E-state index is -0.433. The van der Waals surface area contributed by atoms with Gasteiger partial charge < -0.3 is 19.5 Å². The molecule has 1 amide bonds. The lowest BCUT2D eigenvalue weighted by Crippen LogP contribution is -2.36. The van der Waals surface area contributed by atoms with Crippen molar-refractivity contribution in [2.45, 2.75) is 45.1 Å². The molecule has 1 aromatic rings. The number of hydrogen-bond donors (Lipinski definition) is 1. The van der Waals surface area contributed by atoms with E-state index in [0.717, 1.165) is 31.7 Å². The summed E-state index contributed by atoms with van der Waals surface area (Å²) in [4.78, 5) is 14.1. The van der Waals surface area contributed by atoms with Crippen LogP contribution in [0.1, 0.15) is 45.1 Å². The first kappa shape index (κ1) is 18.1. The first-order valence-electron chi connectivity index (χ1n) is 9.17. The Balaban J connectivity index is 1.53. The summed E-state index contributed by atoms with van der Waals surface area (Å²) in [6.45, 7) is 7.71. The fraction of sp³-hybridized carbons (Fsp3) is 0.650. The number of aliphatic hydroxyl groups is 1. The molecule has 0 radical (unpaired) electrons. The lowest BCUT2D eigenvalue weighted by molar-refractivity contribution is 0.0279. The zero-order valence-electron chi connectivity index (χ0n) is 15.4. The van der Waals surface area contributed by atoms with Gasteiger partial charge in [-0.25, -0.2) is 4.79 Å². The van der Waals surface area contributed by atoms with Crippen LogP contribution >= 0.6 is 0 Å². The van der Waals surface area contributed by atoms with Crippen LogP contribution in [-0.2, 0) is 4.74 Å². The minimum absolute atomic E-state index is 0.0296. The first-order chi connectivity index (χ1) is 11.9. The highest BCUT2D eigenvalue weighted by molar-refractivity contribution is 5.68. The Bertz CT molecular complexity index is 579. The van der Waals surface area contributed by atoms with Gasteiger partial charge in [-0.2, -0.15) is 0 Å². The molecular formula is C20H29NO4. The Hall–Kier alpha value is -1.75. The monoisotopic (exact) mass is 347 g/mol. The molecule has 1 saturated heterocycles. The van der Waals surface area contributed by atoms with Crippen molar-refractivity contribution in [1.29, 1.82) is 0 Å². The highest BCUT2D eigenvalue weighted by atomic mass is 16.6. The van der Waals surface area contributed by atoms with E-state index >= 15 is 0 Å². The third-order valence-electron chi connectivity index (χ3n) is 5.11. The van der Waals surface area contributed by atoms with Gasteiger partial charge in [-0.1, -0.05) is 12.1 Å². The zero-order chi connectivity index (χ0) is 18.0. The van der Waals surface area contributed by atoms with E-state index < -0.39 is 5.60 Å². The molecule has 138 valence electrons. The number of carbonyl (C=O) groups is 1. The van der Waals surface area contributed by atoms with Gasteiger partial charge in [0.1, 0.15) is 18.0 Å². The van der Waals surface area contributed by atoms with Crippen molar-refractivity contribution >= 4 is 6.09 Å². The number of nitrogens with zero attached hydrogens (tertiary/aromatic N) is 1. The van der Waals surface area contributed by atoms with Gasteiger partial charge in [-0.3, -0.25) is 0 Å². The molecule has 1 N–H and O–H groups in total. The van der Waals surface area contributed by atoms with Crippen LogP contribution in [0.25, 0.3) is 0 Å². The third-order valence-corrected chi connectivity index (χ3v) is 5.11. The lowest BCUT2D eigenvalue weighted by Gasteiger charge is -2.25. The van der Waals surface area contributed by atoms with Crippen molar-refractivity contribution in [2.75, 3.05) is 26.3 Å². The first-order valence-corrected chi connectivity index (χ1v) is 9.17. The smallest absolute Gasteiger partial charge is 0.410 e. The quantitative estimate of drug-likeness (QED) is 0.907. The van der Waals surface area contributed by atoms with Gasteiger partial charge >= 0.3 is 6.09 Å². The normalized spacial score (nSPS) is 25.8. The van der Waals surface area contributed by atoms with Crippen LogP contribution in [0.4, 0.5) is 4.79 Å². The van der Waals surface area contributed by atoms with E-state index in [2.05, 4.69) is 12.1 Å². The SMILES string of the molecule is CC(C)(C)OC(=O)N1CC2CC(c3ccc(OCCO)cc3)CC2C1. The number of fused-ring (bicyclic) bond motifs is 1. The summed E-state index contributed by atoms with van der Waals surface area (Å²) in [5.74, 6) is 2.50. The van der Waals surface area contributed by atoms with Gasteiger partial charge in [-0.15, -0.1) is 0 Å². The predicted molar refractivity (Wildman–Crippen MR) is 95.8 cm³/mol. The molecule has 0 aromatic heterocycles. The molecule has 2 aliphatic rings. The highest BCUT2D eigenvalue weighted by Crippen LogP contribution is 2.46. The van der Waals surface area contributed by atoms with E-state index in [4.69, 9.17) is 14.6 Å².